The van der Waals surface area contributed by atoms with E-state index in [9.17, 15) is 9.59 Å². The van der Waals surface area contributed by atoms with Gasteiger partial charge in [0.2, 0.25) is 5.91 Å². The first kappa shape index (κ1) is 21.7. The van der Waals surface area contributed by atoms with Gasteiger partial charge in [-0.1, -0.05) is 25.0 Å². The zero-order valence-electron chi connectivity index (χ0n) is 17.8. The van der Waals surface area contributed by atoms with E-state index >= 15 is 0 Å². The third kappa shape index (κ3) is 6.24. The van der Waals surface area contributed by atoms with Gasteiger partial charge in [0, 0.05) is 24.3 Å². The molecule has 2 N–H and O–H groups in total. The molecule has 0 radical (unpaired) electrons. The van der Waals surface area contributed by atoms with Crippen molar-refractivity contribution in [3.8, 4) is 5.75 Å². The maximum atomic E-state index is 12.7. The molecule has 30 heavy (non-hydrogen) atoms. The van der Waals surface area contributed by atoms with Crippen molar-refractivity contribution in [2.45, 2.75) is 45.6 Å². The molecule has 1 fully saturated rings. The molecule has 0 aliphatic carbocycles. The molecule has 0 spiro atoms. The van der Waals surface area contributed by atoms with Gasteiger partial charge in [0.15, 0.2) is 0 Å². The predicted octanol–water partition coefficient (Wildman–Crippen LogP) is 4.54. The number of benzene rings is 2. The van der Waals surface area contributed by atoms with Crippen LogP contribution < -0.4 is 15.4 Å². The zero-order chi connectivity index (χ0) is 21.3. The van der Waals surface area contributed by atoms with E-state index in [2.05, 4.69) is 10.6 Å². The van der Waals surface area contributed by atoms with Crippen molar-refractivity contribution in [2.75, 3.05) is 30.3 Å². The summed E-state index contributed by atoms with van der Waals surface area (Å²) in [6.45, 7) is 5.68. The lowest BCUT2D eigenvalue weighted by Gasteiger charge is -2.20. The first-order chi connectivity index (χ1) is 14.5. The highest BCUT2D eigenvalue weighted by Gasteiger charge is 2.17. The molecule has 0 unspecified atom stereocenters. The maximum absolute atomic E-state index is 12.7. The quantitative estimate of drug-likeness (QED) is 0.704. The van der Waals surface area contributed by atoms with Crippen LogP contribution in [0.15, 0.2) is 48.5 Å². The van der Waals surface area contributed by atoms with Crippen molar-refractivity contribution < 1.29 is 14.3 Å². The Kier molecular flexibility index (Phi) is 7.71. The van der Waals surface area contributed by atoms with E-state index in [0.29, 0.717) is 17.0 Å². The normalized spacial score (nSPS) is 14.2. The molecule has 1 aliphatic rings. The van der Waals surface area contributed by atoms with Crippen molar-refractivity contribution in [1.82, 2.24) is 4.90 Å². The minimum absolute atomic E-state index is 0.0247. The van der Waals surface area contributed by atoms with Crippen LogP contribution in [0.25, 0.3) is 0 Å². The molecule has 1 saturated heterocycles. The van der Waals surface area contributed by atoms with Crippen LogP contribution in [0.5, 0.6) is 5.75 Å². The van der Waals surface area contributed by atoms with E-state index in [-0.39, 0.29) is 24.5 Å². The van der Waals surface area contributed by atoms with E-state index in [1.165, 1.54) is 12.8 Å². The van der Waals surface area contributed by atoms with Gasteiger partial charge in [-0.15, -0.1) is 0 Å². The first-order valence-corrected chi connectivity index (χ1v) is 10.7. The Labute approximate surface area is 178 Å². The van der Waals surface area contributed by atoms with Crippen molar-refractivity contribution in [3.05, 3.63) is 54.1 Å². The summed E-state index contributed by atoms with van der Waals surface area (Å²) < 4.78 is 5.73. The van der Waals surface area contributed by atoms with Crippen LogP contribution >= 0.6 is 0 Å². The Morgan fingerprint density at radius 3 is 2.30 bits per heavy atom. The van der Waals surface area contributed by atoms with Gasteiger partial charge in [-0.3, -0.25) is 9.59 Å². The summed E-state index contributed by atoms with van der Waals surface area (Å²) in [7, 11) is 0. The van der Waals surface area contributed by atoms with Gasteiger partial charge in [-0.2, -0.15) is 0 Å². The van der Waals surface area contributed by atoms with Gasteiger partial charge < -0.3 is 20.3 Å². The Balaban J connectivity index is 1.52. The molecule has 3 rings (SSSR count). The number of anilines is 2. The number of hydrogen-bond acceptors (Lipinski definition) is 4. The summed E-state index contributed by atoms with van der Waals surface area (Å²) >= 11 is 0. The Morgan fingerprint density at radius 1 is 0.967 bits per heavy atom. The van der Waals surface area contributed by atoms with Crippen LogP contribution in [-0.2, 0) is 4.79 Å². The second-order valence-electron chi connectivity index (χ2n) is 7.85. The molecule has 1 aliphatic heterocycles. The second-order valence-corrected chi connectivity index (χ2v) is 7.85. The number of rotatable bonds is 7. The predicted molar refractivity (Wildman–Crippen MR) is 120 cm³/mol. The zero-order valence-corrected chi connectivity index (χ0v) is 17.8. The molecule has 2 amide bonds. The average Bonchev–Trinajstić information content (AvgIpc) is 3.03. The molecule has 2 aromatic rings. The average molecular weight is 410 g/mol. The maximum Gasteiger partial charge on any atom is 0.253 e. The Hall–Kier alpha value is -3.02. The molecule has 0 bridgehead atoms. The van der Waals surface area contributed by atoms with E-state index in [4.69, 9.17) is 4.74 Å². The topological polar surface area (TPSA) is 70.7 Å². The van der Waals surface area contributed by atoms with Crippen molar-refractivity contribution in [2.24, 2.45) is 0 Å². The minimum Gasteiger partial charge on any atom is -0.489 e. The molecule has 0 atom stereocenters. The van der Waals surface area contributed by atoms with Gasteiger partial charge in [0.25, 0.3) is 5.91 Å². The standard InChI is InChI=1S/C24H31N3O3/c1-18(2)30-22-10-6-5-9-21(22)26-23(28)17-25-20-13-11-19(12-14-20)24(29)27-15-7-3-4-8-16-27/h5-6,9-14,18,25H,3-4,7-8,15-17H2,1-2H3,(H,26,28). The monoisotopic (exact) mass is 409 g/mol. The molecular formula is C24H31N3O3. The number of nitrogens with one attached hydrogen (secondary N) is 2. The molecule has 1 heterocycles. The highest BCUT2D eigenvalue weighted by molar-refractivity contribution is 5.96. The smallest absolute Gasteiger partial charge is 0.253 e. The fourth-order valence-corrected chi connectivity index (χ4v) is 3.49. The molecule has 160 valence electrons. The highest BCUT2D eigenvalue weighted by Crippen LogP contribution is 2.24. The van der Waals surface area contributed by atoms with Crippen LogP contribution in [0.4, 0.5) is 11.4 Å². The van der Waals surface area contributed by atoms with Gasteiger partial charge in [0.05, 0.1) is 18.3 Å². The Bertz CT molecular complexity index is 841. The summed E-state index contributed by atoms with van der Waals surface area (Å²) in [5, 5.41) is 5.98. The molecule has 0 saturated carbocycles. The van der Waals surface area contributed by atoms with Crippen LogP contribution in [0.3, 0.4) is 0 Å². The van der Waals surface area contributed by atoms with Gasteiger partial charge in [-0.25, -0.2) is 0 Å². The Morgan fingerprint density at radius 2 is 1.63 bits per heavy atom. The van der Waals surface area contributed by atoms with Crippen LogP contribution in [0.1, 0.15) is 49.9 Å². The molecule has 2 aromatic carbocycles. The fourth-order valence-electron chi connectivity index (χ4n) is 3.49. The number of likely N-dealkylation sites (tertiary alicyclic amines) is 1. The first-order valence-electron chi connectivity index (χ1n) is 10.7. The van der Waals surface area contributed by atoms with Crippen LogP contribution in [-0.4, -0.2) is 42.5 Å². The lowest BCUT2D eigenvalue weighted by molar-refractivity contribution is -0.114. The van der Waals surface area contributed by atoms with E-state index in [1.807, 2.05) is 67.3 Å². The molecule has 0 aromatic heterocycles. The lowest BCUT2D eigenvalue weighted by atomic mass is 10.1. The summed E-state index contributed by atoms with van der Waals surface area (Å²) in [4.78, 5) is 27.0. The number of carbonyl (C=O) groups is 2. The number of ether oxygens (including phenoxy) is 1. The van der Waals surface area contributed by atoms with Gasteiger partial charge >= 0.3 is 0 Å². The van der Waals surface area contributed by atoms with Crippen molar-refractivity contribution >= 4 is 23.2 Å². The number of nitrogens with zero attached hydrogens (tertiary/aromatic N) is 1. The summed E-state index contributed by atoms with van der Waals surface area (Å²) in [6, 6.07) is 14.7. The lowest BCUT2D eigenvalue weighted by Crippen LogP contribution is -2.31. The number of hydrogen-bond donors (Lipinski definition) is 2. The molecular weight excluding hydrogens is 378 g/mol. The van der Waals surface area contributed by atoms with E-state index in [0.717, 1.165) is 31.6 Å². The minimum atomic E-state index is -0.167. The van der Waals surface area contributed by atoms with Crippen molar-refractivity contribution in [3.63, 3.8) is 0 Å². The van der Waals surface area contributed by atoms with Crippen LogP contribution in [0.2, 0.25) is 0 Å². The van der Waals surface area contributed by atoms with Gasteiger partial charge in [-0.05, 0) is 63.1 Å². The van der Waals surface area contributed by atoms with Crippen molar-refractivity contribution in [1.29, 1.82) is 0 Å². The summed E-state index contributed by atoms with van der Waals surface area (Å²) in [6.07, 6.45) is 4.57. The number of amides is 2. The van der Waals surface area contributed by atoms with Crippen LogP contribution in [0, 0.1) is 0 Å². The molecule has 6 heteroatoms. The fraction of sp³-hybridized carbons (Fsp3) is 0.417. The second kappa shape index (κ2) is 10.7. The summed E-state index contributed by atoms with van der Waals surface area (Å²) in [5.74, 6) is 0.569. The molecule has 6 nitrogen and oxygen atoms in total. The van der Waals surface area contributed by atoms with E-state index in [1.54, 1.807) is 0 Å². The largest absolute Gasteiger partial charge is 0.489 e. The SMILES string of the molecule is CC(C)Oc1ccccc1NC(=O)CNc1ccc(C(=O)N2CCCCCC2)cc1. The number of para-hydroxylation sites is 2. The third-order valence-electron chi connectivity index (χ3n) is 5.00. The van der Waals surface area contributed by atoms with E-state index < -0.39 is 0 Å². The number of carbonyl (C=O) groups excluding carboxylic acids is 2. The summed E-state index contributed by atoms with van der Waals surface area (Å²) in [5.41, 5.74) is 2.13. The highest BCUT2D eigenvalue weighted by atomic mass is 16.5. The third-order valence-corrected chi connectivity index (χ3v) is 5.00. The van der Waals surface area contributed by atoms with Gasteiger partial charge in [0.1, 0.15) is 5.75 Å².